The van der Waals surface area contributed by atoms with Crippen LogP contribution in [-0.2, 0) is 0 Å². The van der Waals surface area contributed by atoms with Gasteiger partial charge in [0.05, 0.1) is 0 Å². The summed E-state index contributed by atoms with van der Waals surface area (Å²) in [7, 11) is 0. The molecular weight excluding hydrogens is 320 g/mol. The summed E-state index contributed by atoms with van der Waals surface area (Å²) in [6.45, 7) is 0. The highest BCUT2D eigenvalue weighted by Crippen LogP contribution is 2.41. The summed E-state index contributed by atoms with van der Waals surface area (Å²) in [6, 6.07) is 28.4. The lowest BCUT2D eigenvalue weighted by Gasteiger charge is -2.14. The van der Waals surface area contributed by atoms with Gasteiger partial charge in [-0.05, 0) is 54.7 Å². The van der Waals surface area contributed by atoms with Crippen LogP contribution in [0.1, 0.15) is 0 Å². The van der Waals surface area contributed by atoms with Gasteiger partial charge in [-0.3, -0.25) is 0 Å². The molecule has 0 N–H and O–H groups in total. The lowest BCUT2D eigenvalue weighted by molar-refractivity contribution is 1.65. The maximum Gasteiger partial charge on any atom is 0.0332 e. The van der Waals surface area contributed by atoms with E-state index in [2.05, 4.69) is 82.7 Å². The molecule has 0 saturated carbocycles. The van der Waals surface area contributed by atoms with Crippen LogP contribution in [0, 0.1) is 6.07 Å². The summed E-state index contributed by atoms with van der Waals surface area (Å²) in [4.78, 5) is 0. The second-order valence-electron chi connectivity index (χ2n) is 5.07. The molecular formula is C20H12Br. The molecule has 4 aromatic carbocycles. The zero-order chi connectivity index (χ0) is 14.2. The second kappa shape index (κ2) is 5.01. The first-order chi connectivity index (χ1) is 10.4. The molecule has 0 spiro atoms. The zero-order valence-electron chi connectivity index (χ0n) is 11.3. The normalized spacial score (nSPS) is 11.1. The SMILES string of the molecule is Brc1c2ccccc2c(-c2cc[c]cc2)c2ccccc12. The third-order valence-electron chi connectivity index (χ3n) is 3.87. The Morgan fingerprint density at radius 3 is 1.62 bits per heavy atom. The lowest BCUT2D eigenvalue weighted by atomic mass is 9.92. The average molecular weight is 332 g/mol. The summed E-state index contributed by atoms with van der Waals surface area (Å²) in [5, 5.41) is 5.04. The van der Waals surface area contributed by atoms with Crippen molar-refractivity contribution in [2.24, 2.45) is 0 Å². The minimum atomic E-state index is 1.17. The van der Waals surface area contributed by atoms with Crippen LogP contribution in [-0.4, -0.2) is 0 Å². The minimum absolute atomic E-state index is 1.17. The van der Waals surface area contributed by atoms with Gasteiger partial charge in [0, 0.05) is 4.47 Å². The molecule has 0 heterocycles. The Hall–Kier alpha value is -2.12. The second-order valence-corrected chi connectivity index (χ2v) is 5.86. The van der Waals surface area contributed by atoms with Crippen LogP contribution < -0.4 is 0 Å². The molecule has 0 nitrogen and oxygen atoms in total. The Labute approximate surface area is 132 Å². The maximum atomic E-state index is 3.78. The van der Waals surface area contributed by atoms with E-state index in [1.165, 1.54) is 37.1 Å². The van der Waals surface area contributed by atoms with E-state index >= 15 is 0 Å². The summed E-state index contributed by atoms with van der Waals surface area (Å²) in [5.74, 6) is 0. The highest BCUT2D eigenvalue weighted by molar-refractivity contribution is 9.10. The van der Waals surface area contributed by atoms with E-state index in [-0.39, 0.29) is 0 Å². The largest absolute Gasteiger partial charge is 0.0616 e. The van der Waals surface area contributed by atoms with E-state index in [4.69, 9.17) is 0 Å². The van der Waals surface area contributed by atoms with Crippen molar-refractivity contribution in [3.8, 4) is 11.1 Å². The molecule has 99 valence electrons. The van der Waals surface area contributed by atoms with Crippen LogP contribution in [0.2, 0.25) is 0 Å². The Balaban J connectivity index is 2.28. The first kappa shape index (κ1) is 12.6. The van der Waals surface area contributed by atoms with Gasteiger partial charge in [-0.2, -0.15) is 0 Å². The number of fused-ring (bicyclic) bond motifs is 2. The van der Waals surface area contributed by atoms with E-state index in [0.717, 1.165) is 0 Å². The van der Waals surface area contributed by atoms with Crippen molar-refractivity contribution in [2.45, 2.75) is 0 Å². The van der Waals surface area contributed by atoms with Crippen molar-refractivity contribution in [3.05, 3.63) is 83.3 Å². The third-order valence-corrected chi connectivity index (χ3v) is 4.73. The molecule has 0 aromatic heterocycles. The van der Waals surface area contributed by atoms with Crippen LogP contribution in [0.4, 0.5) is 0 Å². The van der Waals surface area contributed by atoms with E-state index in [0.29, 0.717) is 0 Å². The molecule has 0 unspecified atom stereocenters. The standard InChI is InChI=1S/C20H12Br/c21-20-17-12-6-4-10-15(17)19(14-8-2-1-3-9-14)16-11-5-7-13-18(16)20/h2-13H. The lowest BCUT2D eigenvalue weighted by Crippen LogP contribution is -1.87. The summed E-state index contributed by atoms with van der Waals surface area (Å²) >= 11 is 3.78. The Morgan fingerprint density at radius 2 is 1.10 bits per heavy atom. The van der Waals surface area contributed by atoms with Gasteiger partial charge in [0.2, 0.25) is 0 Å². The van der Waals surface area contributed by atoms with E-state index < -0.39 is 0 Å². The van der Waals surface area contributed by atoms with Crippen molar-refractivity contribution in [1.82, 2.24) is 0 Å². The molecule has 0 aliphatic rings. The molecule has 0 aliphatic carbocycles. The Morgan fingerprint density at radius 1 is 0.619 bits per heavy atom. The highest BCUT2D eigenvalue weighted by atomic mass is 79.9. The van der Waals surface area contributed by atoms with Crippen molar-refractivity contribution >= 4 is 37.5 Å². The summed E-state index contributed by atoms with van der Waals surface area (Å²) in [5.41, 5.74) is 2.52. The first-order valence-electron chi connectivity index (χ1n) is 6.92. The highest BCUT2D eigenvalue weighted by Gasteiger charge is 2.12. The molecule has 0 atom stereocenters. The van der Waals surface area contributed by atoms with Gasteiger partial charge in [-0.25, -0.2) is 0 Å². The van der Waals surface area contributed by atoms with Crippen molar-refractivity contribution in [2.75, 3.05) is 0 Å². The first-order valence-corrected chi connectivity index (χ1v) is 7.71. The average Bonchev–Trinajstić information content (AvgIpc) is 2.56. The quantitative estimate of drug-likeness (QED) is 0.363. The van der Waals surface area contributed by atoms with Gasteiger partial charge in [0.1, 0.15) is 0 Å². The summed E-state index contributed by atoms with van der Waals surface area (Å²) < 4.78 is 1.17. The van der Waals surface area contributed by atoms with Crippen molar-refractivity contribution in [3.63, 3.8) is 0 Å². The predicted molar refractivity (Wildman–Crippen MR) is 93.4 cm³/mol. The topological polar surface area (TPSA) is 0 Å². The van der Waals surface area contributed by atoms with Crippen LogP contribution in [0.25, 0.3) is 32.7 Å². The van der Waals surface area contributed by atoms with E-state index in [1.807, 2.05) is 12.1 Å². The number of hydrogen-bond acceptors (Lipinski definition) is 0. The van der Waals surface area contributed by atoms with Crippen LogP contribution in [0.5, 0.6) is 0 Å². The number of halogens is 1. The fourth-order valence-corrected chi connectivity index (χ4v) is 3.63. The van der Waals surface area contributed by atoms with Gasteiger partial charge in [0.25, 0.3) is 0 Å². The summed E-state index contributed by atoms with van der Waals surface area (Å²) in [6.07, 6.45) is 0. The van der Waals surface area contributed by atoms with Gasteiger partial charge >= 0.3 is 0 Å². The Kier molecular flexibility index (Phi) is 3.01. The van der Waals surface area contributed by atoms with Crippen LogP contribution in [0.15, 0.2) is 77.3 Å². The Bertz CT molecular complexity index is 883. The van der Waals surface area contributed by atoms with Gasteiger partial charge in [0.15, 0.2) is 0 Å². The van der Waals surface area contributed by atoms with Crippen LogP contribution >= 0.6 is 15.9 Å². The van der Waals surface area contributed by atoms with Crippen LogP contribution in [0.3, 0.4) is 0 Å². The predicted octanol–water partition coefficient (Wildman–Crippen LogP) is 6.22. The number of rotatable bonds is 1. The van der Waals surface area contributed by atoms with Gasteiger partial charge in [-0.15, -0.1) is 0 Å². The zero-order valence-corrected chi connectivity index (χ0v) is 12.9. The molecule has 0 amide bonds. The maximum absolute atomic E-state index is 3.78. The van der Waals surface area contributed by atoms with Gasteiger partial charge in [-0.1, -0.05) is 72.8 Å². The number of hydrogen-bond donors (Lipinski definition) is 0. The molecule has 4 rings (SSSR count). The molecule has 0 fully saturated rings. The van der Waals surface area contributed by atoms with E-state index in [9.17, 15) is 0 Å². The van der Waals surface area contributed by atoms with Crippen molar-refractivity contribution < 1.29 is 0 Å². The monoisotopic (exact) mass is 331 g/mol. The van der Waals surface area contributed by atoms with Crippen molar-refractivity contribution in [1.29, 1.82) is 0 Å². The molecule has 0 bridgehead atoms. The fourth-order valence-electron chi connectivity index (χ4n) is 2.94. The van der Waals surface area contributed by atoms with E-state index in [1.54, 1.807) is 0 Å². The molecule has 0 aliphatic heterocycles. The molecule has 1 radical (unpaired) electrons. The fraction of sp³-hybridized carbons (Fsp3) is 0. The molecule has 4 aromatic rings. The molecule has 0 saturated heterocycles. The molecule has 21 heavy (non-hydrogen) atoms. The van der Waals surface area contributed by atoms with Gasteiger partial charge < -0.3 is 0 Å². The third kappa shape index (κ3) is 1.97. The number of benzene rings is 4. The smallest absolute Gasteiger partial charge is 0.0332 e. The molecule has 1 heteroatoms. The minimum Gasteiger partial charge on any atom is -0.0616 e.